The molecule has 0 aromatic heterocycles. The number of hydrogen-bond donors (Lipinski definition) is 2. The SMILES string of the molecule is CC(C)(C)OC(=O)[C@@H](CSSC[C@@H](NC(=O)OCC1c2ccccc2-c2ccccc21)C(=O)OC(C)(C)C)NC(=O)OCC1c2ccccc2-c2ccccc21. The van der Waals surface area contributed by atoms with Crippen LogP contribution in [0.4, 0.5) is 9.59 Å². The van der Waals surface area contributed by atoms with Crippen molar-refractivity contribution in [2.45, 2.75) is 76.7 Å². The lowest BCUT2D eigenvalue weighted by Crippen LogP contribution is -2.46. The van der Waals surface area contributed by atoms with Crippen molar-refractivity contribution in [2.75, 3.05) is 24.7 Å². The summed E-state index contributed by atoms with van der Waals surface area (Å²) in [6.07, 6.45) is -1.51. The molecule has 0 heterocycles. The molecule has 0 saturated carbocycles. The average molecular weight is 797 g/mol. The Kier molecular flexibility index (Phi) is 12.7. The predicted molar refractivity (Wildman–Crippen MR) is 221 cm³/mol. The van der Waals surface area contributed by atoms with E-state index in [-0.39, 0.29) is 36.6 Å². The molecular formula is C44H48N2O8S2. The number of esters is 2. The van der Waals surface area contributed by atoms with Gasteiger partial charge in [0, 0.05) is 23.3 Å². The van der Waals surface area contributed by atoms with Gasteiger partial charge in [-0.05, 0) is 86.1 Å². The molecule has 2 aliphatic carbocycles. The Hall–Kier alpha value is -4.94. The zero-order valence-electron chi connectivity index (χ0n) is 32.5. The topological polar surface area (TPSA) is 129 Å². The van der Waals surface area contributed by atoms with Gasteiger partial charge in [0.15, 0.2) is 0 Å². The monoisotopic (exact) mass is 796 g/mol. The van der Waals surface area contributed by atoms with Crippen LogP contribution in [0.3, 0.4) is 0 Å². The maximum atomic E-state index is 13.3. The number of nitrogens with one attached hydrogen (secondary N) is 2. The quantitative estimate of drug-likeness (QED) is 0.0586. The van der Waals surface area contributed by atoms with E-state index < -0.39 is 47.4 Å². The van der Waals surface area contributed by atoms with Gasteiger partial charge in [0.2, 0.25) is 0 Å². The Morgan fingerprint density at radius 2 is 0.804 bits per heavy atom. The highest BCUT2D eigenvalue weighted by atomic mass is 33.1. The summed E-state index contributed by atoms with van der Waals surface area (Å²) >= 11 is 0. The number of hydrogen-bond acceptors (Lipinski definition) is 10. The molecule has 2 amide bonds. The molecule has 6 rings (SSSR count). The summed E-state index contributed by atoms with van der Waals surface area (Å²) in [5.74, 6) is -1.36. The zero-order valence-corrected chi connectivity index (χ0v) is 34.1. The van der Waals surface area contributed by atoms with Crippen molar-refractivity contribution < 1.29 is 38.1 Å². The van der Waals surface area contributed by atoms with Crippen LogP contribution in [0.1, 0.15) is 75.6 Å². The molecule has 0 fully saturated rings. The van der Waals surface area contributed by atoms with Crippen molar-refractivity contribution in [3.63, 3.8) is 0 Å². The molecule has 4 aromatic carbocycles. The maximum absolute atomic E-state index is 13.3. The lowest BCUT2D eigenvalue weighted by molar-refractivity contribution is -0.157. The standard InChI is InChI=1S/C44H48N2O8S2/c1-43(2,3)53-39(47)37(45-41(49)51-23-35-31-19-11-7-15-27(31)28-16-8-12-20-32(28)35)25-55-56-26-38(40(48)54-44(4,5)6)46-42(50)52-24-36-33-21-13-9-17-29(33)30-18-10-14-22-34(30)36/h7-22,35-38H,23-26H2,1-6H3,(H,45,49)(H,46,50)/t37-,38-/m1/s1. The number of ether oxygens (including phenoxy) is 4. The van der Waals surface area contributed by atoms with E-state index in [4.69, 9.17) is 18.9 Å². The molecule has 56 heavy (non-hydrogen) atoms. The van der Waals surface area contributed by atoms with Gasteiger partial charge in [0.1, 0.15) is 36.5 Å². The fourth-order valence-electron chi connectivity index (χ4n) is 6.88. The van der Waals surface area contributed by atoms with Gasteiger partial charge in [-0.2, -0.15) is 0 Å². The van der Waals surface area contributed by atoms with Crippen molar-refractivity contribution in [3.8, 4) is 22.3 Å². The lowest BCUT2D eigenvalue weighted by Gasteiger charge is -2.25. The third-order valence-corrected chi connectivity index (χ3v) is 11.6. The van der Waals surface area contributed by atoms with E-state index >= 15 is 0 Å². The van der Waals surface area contributed by atoms with Crippen molar-refractivity contribution in [1.29, 1.82) is 0 Å². The Bertz CT molecular complexity index is 1840. The predicted octanol–water partition coefficient (Wildman–Crippen LogP) is 8.87. The first kappa shape index (κ1) is 40.7. The summed E-state index contributed by atoms with van der Waals surface area (Å²) in [5, 5.41) is 5.38. The van der Waals surface area contributed by atoms with Gasteiger partial charge in [-0.1, -0.05) is 119 Å². The van der Waals surface area contributed by atoms with Gasteiger partial charge in [-0.15, -0.1) is 0 Å². The number of rotatable bonds is 13. The minimum atomic E-state index is -1.06. The fourth-order valence-corrected chi connectivity index (χ4v) is 9.18. The van der Waals surface area contributed by atoms with E-state index in [2.05, 4.69) is 34.9 Å². The van der Waals surface area contributed by atoms with Crippen LogP contribution < -0.4 is 10.6 Å². The van der Waals surface area contributed by atoms with Crippen molar-refractivity contribution >= 4 is 45.7 Å². The molecule has 4 aromatic rings. The van der Waals surface area contributed by atoms with Gasteiger partial charge < -0.3 is 29.6 Å². The summed E-state index contributed by atoms with van der Waals surface area (Å²) in [5.41, 5.74) is 7.11. The van der Waals surface area contributed by atoms with Crippen LogP contribution in [0.15, 0.2) is 97.1 Å². The second-order valence-corrected chi connectivity index (χ2v) is 18.2. The molecule has 0 radical (unpaired) electrons. The van der Waals surface area contributed by atoms with Crippen molar-refractivity contribution in [2.24, 2.45) is 0 Å². The van der Waals surface area contributed by atoms with Crippen molar-refractivity contribution in [3.05, 3.63) is 119 Å². The average Bonchev–Trinajstić information content (AvgIpc) is 3.64. The van der Waals surface area contributed by atoms with Crippen LogP contribution in [-0.4, -0.2) is 72.1 Å². The van der Waals surface area contributed by atoms with E-state index in [0.29, 0.717) is 0 Å². The van der Waals surface area contributed by atoms with Crippen LogP contribution in [0.5, 0.6) is 0 Å². The largest absolute Gasteiger partial charge is 0.458 e. The normalized spacial score (nSPS) is 14.3. The molecule has 0 saturated heterocycles. The summed E-state index contributed by atoms with van der Waals surface area (Å²) < 4.78 is 22.7. The number of amides is 2. The molecule has 10 nitrogen and oxygen atoms in total. The molecular weight excluding hydrogens is 749 g/mol. The van der Waals surface area contributed by atoms with Crippen LogP contribution in [0.2, 0.25) is 0 Å². The molecule has 2 atom stereocenters. The number of carbonyl (C=O) groups is 4. The number of fused-ring (bicyclic) bond motifs is 6. The van der Waals surface area contributed by atoms with Gasteiger partial charge >= 0.3 is 24.1 Å². The first-order valence-corrected chi connectivity index (χ1v) is 21.1. The van der Waals surface area contributed by atoms with E-state index in [1.807, 2.05) is 72.8 Å². The first-order chi connectivity index (χ1) is 26.7. The highest BCUT2D eigenvalue weighted by molar-refractivity contribution is 8.76. The molecule has 0 aliphatic heterocycles. The highest BCUT2D eigenvalue weighted by Gasteiger charge is 2.33. The molecule has 2 N–H and O–H groups in total. The number of alkyl carbamates (subject to hydrolysis) is 2. The van der Waals surface area contributed by atoms with Gasteiger partial charge in [0.05, 0.1) is 0 Å². The highest BCUT2D eigenvalue weighted by Crippen LogP contribution is 2.45. The minimum absolute atomic E-state index is 0.0852. The Morgan fingerprint density at radius 1 is 0.518 bits per heavy atom. The Balaban J connectivity index is 1.06. The van der Waals surface area contributed by atoms with Crippen LogP contribution in [-0.2, 0) is 28.5 Å². The van der Waals surface area contributed by atoms with Crippen molar-refractivity contribution in [1.82, 2.24) is 10.6 Å². The lowest BCUT2D eigenvalue weighted by atomic mass is 9.98. The molecule has 294 valence electrons. The second kappa shape index (κ2) is 17.5. The minimum Gasteiger partial charge on any atom is -0.458 e. The first-order valence-electron chi connectivity index (χ1n) is 18.6. The zero-order chi connectivity index (χ0) is 40.0. The molecule has 12 heteroatoms. The Labute approximate surface area is 336 Å². The summed E-state index contributed by atoms with van der Waals surface area (Å²) in [6, 6.07) is 30.0. The van der Waals surface area contributed by atoms with Gasteiger partial charge in [-0.25, -0.2) is 19.2 Å². The third kappa shape index (κ3) is 10.1. The number of carbonyl (C=O) groups excluding carboxylic acids is 4. The maximum Gasteiger partial charge on any atom is 0.407 e. The summed E-state index contributed by atoms with van der Waals surface area (Å²) in [7, 11) is 2.47. The Morgan fingerprint density at radius 3 is 1.09 bits per heavy atom. The second-order valence-electron chi connectivity index (χ2n) is 15.7. The van der Waals surface area contributed by atoms with Gasteiger partial charge in [0.25, 0.3) is 0 Å². The van der Waals surface area contributed by atoms with E-state index in [9.17, 15) is 19.2 Å². The number of benzene rings is 4. The van der Waals surface area contributed by atoms with E-state index in [1.165, 1.54) is 21.6 Å². The molecule has 2 aliphatic rings. The van der Waals surface area contributed by atoms with E-state index in [1.54, 1.807) is 41.5 Å². The van der Waals surface area contributed by atoms with E-state index in [0.717, 1.165) is 44.5 Å². The van der Waals surface area contributed by atoms with Crippen LogP contribution in [0, 0.1) is 0 Å². The molecule has 0 spiro atoms. The fraction of sp³-hybridized carbons (Fsp3) is 0.364. The molecule has 0 bridgehead atoms. The van der Waals surface area contributed by atoms with Crippen LogP contribution in [0.25, 0.3) is 22.3 Å². The van der Waals surface area contributed by atoms with Gasteiger partial charge in [-0.3, -0.25) is 0 Å². The summed E-state index contributed by atoms with van der Waals surface area (Å²) in [4.78, 5) is 53.0. The summed E-state index contributed by atoms with van der Waals surface area (Å²) in [6.45, 7) is 10.7. The third-order valence-electron chi connectivity index (χ3n) is 9.21. The molecule has 0 unspecified atom stereocenters. The van der Waals surface area contributed by atoms with Crippen LogP contribution >= 0.6 is 21.6 Å². The smallest absolute Gasteiger partial charge is 0.407 e.